The van der Waals surface area contributed by atoms with Crippen LogP contribution in [0.3, 0.4) is 0 Å². The van der Waals surface area contributed by atoms with Crippen LogP contribution in [0.25, 0.3) is 0 Å². The van der Waals surface area contributed by atoms with Gasteiger partial charge < -0.3 is 14.7 Å². The summed E-state index contributed by atoms with van der Waals surface area (Å²) in [6.45, 7) is 5.47. The van der Waals surface area contributed by atoms with E-state index in [1.807, 2.05) is 0 Å². The molecule has 1 atom stereocenters. The van der Waals surface area contributed by atoms with Crippen molar-refractivity contribution in [3.05, 3.63) is 24.3 Å². The van der Waals surface area contributed by atoms with E-state index < -0.39 is 0 Å². The lowest BCUT2D eigenvalue weighted by Crippen LogP contribution is -2.29. The fourth-order valence-corrected chi connectivity index (χ4v) is 6.90. The van der Waals surface area contributed by atoms with Gasteiger partial charge in [0.05, 0.1) is 6.61 Å². The molecule has 1 heterocycles. The van der Waals surface area contributed by atoms with Gasteiger partial charge in [-0.25, -0.2) is 0 Å². The lowest BCUT2D eigenvalue weighted by Gasteiger charge is -2.21. The van der Waals surface area contributed by atoms with Gasteiger partial charge >= 0.3 is 5.97 Å². The highest BCUT2D eigenvalue weighted by Crippen LogP contribution is 2.19. The van der Waals surface area contributed by atoms with Gasteiger partial charge in [-0.2, -0.15) is 11.8 Å². The Morgan fingerprint density at radius 2 is 1.26 bits per heavy atom. The van der Waals surface area contributed by atoms with Gasteiger partial charge in [0.2, 0.25) is 0 Å². The summed E-state index contributed by atoms with van der Waals surface area (Å²) in [5.41, 5.74) is 0. The molecular weight excluding hydrogens is 550 g/mol. The summed E-state index contributed by atoms with van der Waals surface area (Å²) in [5.74, 6) is 2.64. The van der Waals surface area contributed by atoms with E-state index in [0.29, 0.717) is 6.42 Å². The predicted molar refractivity (Wildman–Crippen MR) is 190 cm³/mol. The third-order valence-corrected chi connectivity index (χ3v) is 9.76. The minimum absolute atomic E-state index is 0.0293. The summed E-state index contributed by atoms with van der Waals surface area (Å²) in [4.78, 5) is 14.9. The molecule has 0 aromatic carbocycles. The molecule has 0 aromatic rings. The predicted octanol–water partition coefficient (Wildman–Crippen LogP) is 10.8. The Morgan fingerprint density at radius 3 is 1.91 bits per heavy atom. The summed E-state index contributed by atoms with van der Waals surface area (Å²) in [7, 11) is 0. The van der Waals surface area contributed by atoms with Crippen LogP contribution >= 0.6 is 11.8 Å². The van der Waals surface area contributed by atoms with Gasteiger partial charge in [-0.15, -0.1) is 0 Å². The molecule has 0 aromatic heterocycles. The number of unbranched alkanes of at least 4 members (excludes halogenated alkanes) is 11. The summed E-state index contributed by atoms with van der Waals surface area (Å²) in [6, 6.07) is 0. The number of hydrogen-bond donors (Lipinski definition) is 1. The molecule has 0 spiro atoms. The zero-order chi connectivity index (χ0) is 30.9. The van der Waals surface area contributed by atoms with Crippen molar-refractivity contribution in [2.24, 2.45) is 0 Å². The molecule has 5 heteroatoms. The quantitative estimate of drug-likeness (QED) is 0.0660. The van der Waals surface area contributed by atoms with Crippen LogP contribution in [0.2, 0.25) is 0 Å². The van der Waals surface area contributed by atoms with Crippen LogP contribution in [0, 0.1) is 0 Å². The first-order valence-electron chi connectivity index (χ1n) is 18.7. The number of nitrogens with zero attached hydrogens (tertiary/aromatic N) is 1. The first kappa shape index (κ1) is 40.2. The summed E-state index contributed by atoms with van der Waals surface area (Å²) in [6.07, 6.45) is 39.2. The monoisotopic (exact) mass is 622 g/mol. The van der Waals surface area contributed by atoms with Gasteiger partial charge in [0.1, 0.15) is 6.10 Å². The van der Waals surface area contributed by atoms with Crippen molar-refractivity contribution in [2.75, 3.05) is 37.7 Å². The number of carbonyl (C=O) groups excluding carboxylic acids is 1. The Balaban J connectivity index is 2.02. The van der Waals surface area contributed by atoms with Crippen molar-refractivity contribution in [3.8, 4) is 0 Å². The van der Waals surface area contributed by atoms with Crippen molar-refractivity contribution in [3.63, 3.8) is 0 Å². The number of esters is 1. The fourth-order valence-electron chi connectivity index (χ4n) is 5.88. The Hall–Kier alpha value is -0.780. The number of rotatable bonds is 24. The number of aliphatic hydroxyl groups is 1. The summed E-state index contributed by atoms with van der Waals surface area (Å²) >= 11 is 2.11. The lowest BCUT2D eigenvalue weighted by atomic mass is 10.0. The number of aliphatic hydroxyl groups excluding tert-OH is 1. The van der Waals surface area contributed by atoms with E-state index in [4.69, 9.17) is 4.74 Å². The van der Waals surface area contributed by atoms with Crippen LogP contribution < -0.4 is 0 Å². The largest absolute Gasteiger partial charge is 0.462 e. The first-order chi connectivity index (χ1) is 21.3. The van der Waals surface area contributed by atoms with Crippen molar-refractivity contribution >= 4 is 17.7 Å². The Labute approximate surface area is 272 Å². The van der Waals surface area contributed by atoms with Gasteiger partial charge in [0.15, 0.2) is 0 Å². The van der Waals surface area contributed by atoms with E-state index in [-0.39, 0.29) is 18.7 Å². The Morgan fingerprint density at radius 1 is 0.698 bits per heavy atom. The highest BCUT2D eigenvalue weighted by Gasteiger charge is 2.14. The van der Waals surface area contributed by atoms with Crippen LogP contribution in [-0.4, -0.2) is 59.8 Å². The molecule has 1 aliphatic heterocycles. The zero-order valence-corrected chi connectivity index (χ0v) is 29.2. The molecule has 1 aliphatic rings. The molecule has 4 nitrogen and oxygen atoms in total. The van der Waals surface area contributed by atoms with Crippen LogP contribution in [0.4, 0.5) is 0 Å². The number of carbonyl (C=O) groups is 1. The molecule has 0 radical (unpaired) electrons. The molecule has 1 unspecified atom stereocenters. The normalized spacial score (nSPS) is 17.7. The van der Waals surface area contributed by atoms with Crippen LogP contribution in [0.1, 0.15) is 167 Å². The average Bonchev–Trinajstić information content (AvgIpc) is 3.03. The number of hydrogen-bond acceptors (Lipinski definition) is 5. The topological polar surface area (TPSA) is 49.8 Å². The van der Waals surface area contributed by atoms with Crippen molar-refractivity contribution in [1.29, 1.82) is 0 Å². The standard InChI is InChI=1S/C38H71NO3S/c1-2-3-4-5-6-7-8-9-10-11-12-13-17-24-31-39(33-34-40)32-25-18-14-15-23-30-38(41)42-37-28-21-16-19-26-35-43-36-27-20-22-29-37/h4-5,7-8,37,40H,2-3,6,9-36H2,1H3/b5-4-,8-7-. The highest BCUT2D eigenvalue weighted by atomic mass is 32.2. The van der Waals surface area contributed by atoms with E-state index in [1.165, 1.54) is 134 Å². The maximum Gasteiger partial charge on any atom is 0.306 e. The van der Waals surface area contributed by atoms with Gasteiger partial charge in [-0.05, 0) is 108 Å². The maximum absolute atomic E-state index is 12.5. The van der Waals surface area contributed by atoms with Crippen LogP contribution in [0.15, 0.2) is 24.3 Å². The van der Waals surface area contributed by atoms with Crippen LogP contribution in [0.5, 0.6) is 0 Å². The first-order valence-corrected chi connectivity index (χ1v) is 19.8. The van der Waals surface area contributed by atoms with E-state index in [9.17, 15) is 9.90 Å². The number of allylic oxidation sites excluding steroid dienone is 4. The van der Waals surface area contributed by atoms with Gasteiger partial charge in [-0.3, -0.25) is 4.79 Å². The molecule has 0 aliphatic carbocycles. The molecule has 252 valence electrons. The third-order valence-electron chi connectivity index (χ3n) is 8.61. The van der Waals surface area contributed by atoms with E-state index in [2.05, 4.69) is 47.9 Å². The van der Waals surface area contributed by atoms with E-state index >= 15 is 0 Å². The van der Waals surface area contributed by atoms with E-state index in [1.54, 1.807) is 0 Å². The second-order valence-electron chi connectivity index (χ2n) is 12.7. The minimum atomic E-state index is 0.0293. The lowest BCUT2D eigenvalue weighted by molar-refractivity contribution is -0.150. The van der Waals surface area contributed by atoms with Gasteiger partial charge in [-0.1, -0.05) is 102 Å². The van der Waals surface area contributed by atoms with Gasteiger partial charge in [0.25, 0.3) is 0 Å². The van der Waals surface area contributed by atoms with E-state index in [0.717, 1.165) is 51.7 Å². The maximum atomic E-state index is 12.5. The highest BCUT2D eigenvalue weighted by molar-refractivity contribution is 7.99. The van der Waals surface area contributed by atoms with Crippen LogP contribution in [-0.2, 0) is 9.53 Å². The smallest absolute Gasteiger partial charge is 0.306 e. The third kappa shape index (κ3) is 28.4. The Bertz CT molecular complexity index is 639. The number of ether oxygens (including phenoxy) is 1. The SMILES string of the molecule is CCC/C=C\C/C=C\CCCCCCCCN(CCO)CCCCCCCC(=O)OC1CCCCCCSCCCCC1. The van der Waals surface area contributed by atoms with Crippen molar-refractivity contribution in [2.45, 2.75) is 174 Å². The van der Waals surface area contributed by atoms with Crippen molar-refractivity contribution in [1.82, 2.24) is 4.90 Å². The van der Waals surface area contributed by atoms with Gasteiger partial charge in [0, 0.05) is 13.0 Å². The summed E-state index contributed by atoms with van der Waals surface area (Å²) < 4.78 is 5.94. The molecule has 1 saturated heterocycles. The zero-order valence-electron chi connectivity index (χ0n) is 28.4. The molecule has 1 N–H and O–H groups in total. The second-order valence-corrected chi connectivity index (χ2v) is 14.0. The Kier molecular flexibility index (Phi) is 30.5. The molecule has 0 amide bonds. The molecule has 0 bridgehead atoms. The number of thioether (sulfide) groups is 1. The second kappa shape index (κ2) is 32.6. The summed E-state index contributed by atoms with van der Waals surface area (Å²) in [5, 5.41) is 9.49. The molecular formula is C38H71NO3S. The molecule has 1 rings (SSSR count). The molecule has 1 fully saturated rings. The molecule has 0 saturated carbocycles. The minimum Gasteiger partial charge on any atom is -0.462 e. The fraction of sp³-hybridized carbons (Fsp3) is 0.868. The molecule has 43 heavy (non-hydrogen) atoms. The van der Waals surface area contributed by atoms with Crippen molar-refractivity contribution < 1.29 is 14.6 Å². The average molecular weight is 622 g/mol.